The van der Waals surface area contributed by atoms with Gasteiger partial charge in [0.05, 0.1) is 12.4 Å². The molecule has 0 atom stereocenters. The van der Waals surface area contributed by atoms with Gasteiger partial charge in [0.1, 0.15) is 7.11 Å². The van der Waals surface area contributed by atoms with Crippen molar-refractivity contribution in [2.75, 3.05) is 7.11 Å². The molecule has 58 valence electrons. The molecule has 1 rings (SSSR count). The van der Waals surface area contributed by atoms with Crippen molar-refractivity contribution in [2.45, 2.75) is 0 Å². The first-order valence-electron chi connectivity index (χ1n) is 3.10. The summed E-state index contributed by atoms with van der Waals surface area (Å²) in [5.41, 5.74) is 0.881. The molecule has 0 unspecified atom stereocenters. The highest BCUT2D eigenvalue weighted by Gasteiger charge is 1.90. The van der Waals surface area contributed by atoms with Gasteiger partial charge in [-0.2, -0.15) is 5.10 Å². The molecule has 0 saturated heterocycles. The van der Waals surface area contributed by atoms with E-state index in [9.17, 15) is 0 Å². The molecule has 0 fully saturated rings. The summed E-state index contributed by atoms with van der Waals surface area (Å²) in [6.07, 6.45) is 6.64. The summed E-state index contributed by atoms with van der Waals surface area (Å²) in [5, 5.41) is 7.52. The van der Waals surface area contributed by atoms with E-state index in [4.69, 9.17) is 0 Å². The quantitative estimate of drug-likeness (QED) is 0.477. The fourth-order valence-electron chi connectivity index (χ4n) is 0.633. The van der Waals surface area contributed by atoms with Gasteiger partial charge in [-0.1, -0.05) is 11.7 Å². The molecule has 0 spiro atoms. The molecule has 0 aromatic carbocycles. The van der Waals surface area contributed by atoms with Crippen LogP contribution in [-0.2, 0) is 4.84 Å². The van der Waals surface area contributed by atoms with E-state index in [1.807, 2.05) is 0 Å². The van der Waals surface area contributed by atoms with Crippen molar-refractivity contribution in [3.8, 4) is 0 Å². The second-order valence-electron chi connectivity index (χ2n) is 1.85. The number of nitrogens with zero attached hydrogens (tertiary/aromatic N) is 3. The normalized spacial score (nSPS) is 10.3. The van der Waals surface area contributed by atoms with Gasteiger partial charge in [0.2, 0.25) is 0 Å². The van der Waals surface area contributed by atoms with Gasteiger partial charge in [0.15, 0.2) is 0 Å². The second kappa shape index (κ2) is 3.55. The lowest BCUT2D eigenvalue weighted by molar-refractivity contribution is 0.215. The van der Waals surface area contributed by atoms with Gasteiger partial charge in [-0.15, -0.1) is 0 Å². The van der Waals surface area contributed by atoms with Crippen LogP contribution in [0.5, 0.6) is 0 Å². The smallest absolute Gasteiger partial charge is 0.106 e. The van der Waals surface area contributed by atoms with Crippen molar-refractivity contribution in [1.29, 1.82) is 0 Å². The van der Waals surface area contributed by atoms with E-state index in [-0.39, 0.29) is 0 Å². The van der Waals surface area contributed by atoms with Gasteiger partial charge in [-0.3, -0.25) is 0 Å². The first kappa shape index (κ1) is 7.53. The molecule has 4 nitrogen and oxygen atoms in total. The molecule has 0 N–H and O–H groups in total. The zero-order valence-corrected chi connectivity index (χ0v) is 6.27. The summed E-state index contributed by atoms with van der Waals surface area (Å²) in [4.78, 5) is 4.50. The SMILES string of the molecule is C=Cn1cc(/C=N/OC)cn1. The fourth-order valence-corrected chi connectivity index (χ4v) is 0.633. The average molecular weight is 151 g/mol. The molecule has 0 aliphatic heterocycles. The molecule has 0 bridgehead atoms. The van der Waals surface area contributed by atoms with Crippen LogP contribution in [0, 0.1) is 0 Å². The van der Waals surface area contributed by atoms with Gasteiger partial charge < -0.3 is 4.84 Å². The Morgan fingerprint density at radius 1 is 1.82 bits per heavy atom. The molecular formula is C7H9N3O. The van der Waals surface area contributed by atoms with Crippen LogP contribution in [0.3, 0.4) is 0 Å². The largest absolute Gasteiger partial charge is 0.399 e. The predicted octanol–water partition coefficient (Wildman–Crippen LogP) is 0.964. The van der Waals surface area contributed by atoms with E-state index in [1.165, 1.54) is 7.11 Å². The van der Waals surface area contributed by atoms with Crippen LogP contribution >= 0.6 is 0 Å². The van der Waals surface area contributed by atoms with Crippen molar-refractivity contribution in [3.05, 3.63) is 24.5 Å². The van der Waals surface area contributed by atoms with Crippen molar-refractivity contribution in [2.24, 2.45) is 5.16 Å². The first-order valence-corrected chi connectivity index (χ1v) is 3.10. The molecule has 1 heterocycles. The molecule has 1 aromatic heterocycles. The Hall–Kier alpha value is -1.58. The Balaban J connectivity index is 2.72. The van der Waals surface area contributed by atoms with Crippen LogP contribution in [-0.4, -0.2) is 23.1 Å². The van der Waals surface area contributed by atoms with Gasteiger partial charge in [-0.25, -0.2) is 4.68 Å². The Morgan fingerprint density at radius 2 is 2.64 bits per heavy atom. The van der Waals surface area contributed by atoms with Crippen LogP contribution in [0.15, 0.2) is 24.1 Å². The van der Waals surface area contributed by atoms with Crippen molar-refractivity contribution < 1.29 is 4.84 Å². The third kappa shape index (κ3) is 1.93. The maximum Gasteiger partial charge on any atom is 0.106 e. The number of aromatic nitrogens is 2. The lowest BCUT2D eigenvalue weighted by Gasteiger charge is -1.84. The molecule has 0 aliphatic rings. The minimum Gasteiger partial charge on any atom is -0.399 e. The summed E-state index contributed by atoms with van der Waals surface area (Å²) in [6, 6.07) is 0. The third-order valence-electron chi connectivity index (χ3n) is 1.12. The molecular weight excluding hydrogens is 142 g/mol. The zero-order chi connectivity index (χ0) is 8.10. The van der Waals surface area contributed by atoms with Gasteiger partial charge in [0, 0.05) is 18.0 Å². The highest BCUT2D eigenvalue weighted by Crippen LogP contribution is 1.93. The summed E-state index contributed by atoms with van der Waals surface area (Å²) in [7, 11) is 1.49. The van der Waals surface area contributed by atoms with Crippen LogP contribution in [0.4, 0.5) is 0 Å². The van der Waals surface area contributed by atoms with Gasteiger partial charge in [0.25, 0.3) is 0 Å². The van der Waals surface area contributed by atoms with Crippen molar-refractivity contribution in [1.82, 2.24) is 9.78 Å². The number of hydrogen-bond acceptors (Lipinski definition) is 3. The van der Waals surface area contributed by atoms with Crippen molar-refractivity contribution >= 4 is 12.4 Å². The molecule has 11 heavy (non-hydrogen) atoms. The fraction of sp³-hybridized carbons (Fsp3) is 0.143. The van der Waals surface area contributed by atoms with Crippen LogP contribution in [0.25, 0.3) is 6.20 Å². The van der Waals surface area contributed by atoms with E-state index >= 15 is 0 Å². The topological polar surface area (TPSA) is 39.4 Å². The van der Waals surface area contributed by atoms with Crippen LogP contribution < -0.4 is 0 Å². The maximum absolute atomic E-state index is 4.50. The van der Waals surface area contributed by atoms with Crippen LogP contribution in [0.2, 0.25) is 0 Å². The predicted molar refractivity (Wildman–Crippen MR) is 43.2 cm³/mol. The highest BCUT2D eigenvalue weighted by molar-refractivity contribution is 5.78. The Kier molecular flexibility index (Phi) is 2.43. The van der Waals surface area contributed by atoms with Crippen molar-refractivity contribution in [3.63, 3.8) is 0 Å². The standard InChI is InChI=1S/C7H9N3O/c1-3-10-6-7(4-8-10)5-9-11-2/h3-6H,1H2,2H3/b9-5+. The Morgan fingerprint density at radius 3 is 3.18 bits per heavy atom. The van der Waals surface area contributed by atoms with E-state index in [0.29, 0.717) is 0 Å². The molecule has 0 amide bonds. The summed E-state index contributed by atoms with van der Waals surface area (Å²) in [6.45, 7) is 3.55. The van der Waals surface area contributed by atoms with E-state index in [1.54, 1.807) is 29.5 Å². The molecule has 1 aromatic rings. The van der Waals surface area contributed by atoms with Gasteiger partial charge >= 0.3 is 0 Å². The van der Waals surface area contributed by atoms with Gasteiger partial charge in [-0.05, 0) is 0 Å². The first-order chi connectivity index (χ1) is 5.36. The second-order valence-corrected chi connectivity index (χ2v) is 1.85. The summed E-state index contributed by atoms with van der Waals surface area (Å²) in [5.74, 6) is 0. The Labute approximate surface area is 64.8 Å². The number of rotatable bonds is 3. The van der Waals surface area contributed by atoms with E-state index in [0.717, 1.165) is 5.56 Å². The summed E-state index contributed by atoms with van der Waals surface area (Å²) >= 11 is 0. The Bertz CT molecular complexity index is 264. The number of oxime groups is 1. The molecule has 0 aliphatic carbocycles. The lowest BCUT2D eigenvalue weighted by atomic mass is 10.4. The minimum atomic E-state index is 0.881. The van der Waals surface area contributed by atoms with Crippen LogP contribution in [0.1, 0.15) is 5.56 Å². The lowest BCUT2D eigenvalue weighted by Crippen LogP contribution is -1.82. The third-order valence-corrected chi connectivity index (χ3v) is 1.12. The number of hydrogen-bond donors (Lipinski definition) is 0. The molecule has 0 saturated carbocycles. The van der Waals surface area contributed by atoms with E-state index in [2.05, 4.69) is 21.7 Å². The molecule has 0 radical (unpaired) electrons. The molecule has 4 heteroatoms. The maximum atomic E-state index is 4.50. The van der Waals surface area contributed by atoms with E-state index < -0.39 is 0 Å². The minimum absolute atomic E-state index is 0.881. The monoisotopic (exact) mass is 151 g/mol. The zero-order valence-electron chi connectivity index (χ0n) is 6.27. The average Bonchev–Trinajstić information content (AvgIpc) is 2.48. The summed E-state index contributed by atoms with van der Waals surface area (Å²) < 4.78 is 1.59. The highest BCUT2D eigenvalue weighted by atomic mass is 16.6.